The molecule has 12 nitrogen and oxygen atoms in total. The fourth-order valence-corrected chi connectivity index (χ4v) is 8.30. The number of para-hydroxylation sites is 2. The van der Waals surface area contributed by atoms with Gasteiger partial charge >= 0.3 is 0 Å². The Bertz CT molecular complexity index is 2050. The van der Waals surface area contributed by atoms with E-state index >= 15 is 0 Å². The van der Waals surface area contributed by atoms with Crippen molar-refractivity contribution in [1.82, 2.24) is 19.9 Å². The molecule has 1 atom stereocenters. The standard InChI is InChI=1S/C34H37N9O3S3/c1-6-19-12-8-10-14-22(19)39-25-23(29(36)45)30(41-31-26(25)40-33(48-31)46-16-15-42(3)4)43-27-24(38-21-13-9-7-11-18(21)2)20(28(35)44)17-37-32(27)49-34(43)47-5/h7-14,17,34H,6,15-16H2,1-5H3,(H2,35,44)(H2,36,45)(H,37,38)(H,39,41). The lowest BCUT2D eigenvalue weighted by Crippen LogP contribution is -2.28. The lowest BCUT2D eigenvalue weighted by molar-refractivity contribution is 0.0992. The molecular formula is C34H37N9O3S3. The summed E-state index contributed by atoms with van der Waals surface area (Å²) in [5.74, 6) is -1.06. The molecule has 0 bridgehead atoms. The zero-order valence-electron chi connectivity index (χ0n) is 27.7. The fourth-order valence-electron chi connectivity index (χ4n) is 5.47. The summed E-state index contributed by atoms with van der Waals surface area (Å²) < 4.78 is 5.72. The van der Waals surface area contributed by atoms with Crippen LogP contribution in [0, 0.1) is 6.92 Å². The number of likely N-dealkylation sites (N-methyl/N-ethyl adjacent to an activating group) is 1. The first kappa shape index (κ1) is 34.3. The monoisotopic (exact) mass is 715 g/mol. The highest BCUT2D eigenvalue weighted by molar-refractivity contribution is 8.17. The molecule has 6 N–H and O–H groups in total. The van der Waals surface area contributed by atoms with Gasteiger partial charge in [0.2, 0.25) is 0 Å². The van der Waals surface area contributed by atoms with Crippen LogP contribution in [-0.2, 0) is 6.42 Å². The number of rotatable bonds is 13. The molecule has 5 aromatic rings. The van der Waals surface area contributed by atoms with Crippen molar-refractivity contribution in [3.63, 3.8) is 0 Å². The number of nitrogens with two attached hydrogens (primary N) is 2. The van der Waals surface area contributed by atoms with E-state index in [0.29, 0.717) is 56.6 Å². The van der Waals surface area contributed by atoms with Crippen LogP contribution in [0.3, 0.4) is 0 Å². The van der Waals surface area contributed by atoms with Crippen molar-refractivity contribution in [2.45, 2.75) is 30.0 Å². The normalized spacial score (nSPS) is 13.9. The van der Waals surface area contributed by atoms with E-state index < -0.39 is 11.8 Å². The van der Waals surface area contributed by atoms with Crippen molar-refractivity contribution in [2.24, 2.45) is 11.5 Å². The van der Waals surface area contributed by atoms with Crippen LogP contribution in [-0.4, -0.2) is 69.9 Å². The van der Waals surface area contributed by atoms with Crippen molar-refractivity contribution >= 4 is 91.3 Å². The quantitative estimate of drug-likeness (QED) is 0.105. The molecule has 0 radical (unpaired) electrons. The van der Waals surface area contributed by atoms with E-state index in [1.807, 2.05) is 85.6 Å². The van der Waals surface area contributed by atoms with E-state index in [0.717, 1.165) is 28.9 Å². The largest absolute Gasteiger partial charge is 0.469 e. The van der Waals surface area contributed by atoms with Gasteiger partial charge in [0, 0.05) is 24.1 Å². The third kappa shape index (κ3) is 6.84. The maximum atomic E-state index is 13.7. The molecule has 0 saturated heterocycles. The summed E-state index contributed by atoms with van der Waals surface area (Å²) in [6, 6.07) is 15.6. The number of thiazole rings is 1. The first-order chi connectivity index (χ1) is 23.6. The molecule has 254 valence electrons. The lowest BCUT2D eigenvalue weighted by atomic mass is 10.1. The highest BCUT2D eigenvalue weighted by Gasteiger charge is 2.40. The second-order valence-corrected chi connectivity index (χ2v) is 14.7. The smallest absolute Gasteiger partial charge is 0.275 e. The molecule has 0 saturated carbocycles. The second kappa shape index (κ2) is 14.5. The fraction of sp³-hybridized carbons (Fsp3) is 0.265. The van der Waals surface area contributed by atoms with Crippen LogP contribution >= 0.6 is 34.9 Å². The summed E-state index contributed by atoms with van der Waals surface area (Å²) in [6.45, 7) is 5.15. The molecule has 0 aliphatic carbocycles. The summed E-state index contributed by atoms with van der Waals surface area (Å²) in [4.78, 5) is 45.6. The molecule has 1 unspecified atom stereocenters. The average molecular weight is 716 g/mol. The van der Waals surface area contributed by atoms with Gasteiger partial charge in [0.05, 0.1) is 16.9 Å². The average Bonchev–Trinajstić information content (AvgIpc) is 3.66. The predicted molar refractivity (Wildman–Crippen MR) is 202 cm³/mol. The molecule has 6 rings (SSSR count). The molecule has 2 amide bonds. The van der Waals surface area contributed by atoms with Gasteiger partial charge in [-0.25, -0.2) is 9.97 Å². The summed E-state index contributed by atoms with van der Waals surface area (Å²) >= 11 is 4.30. The van der Waals surface area contributed by atoms with Crippen molar-refractivity contribution in [3.05, 3.63) is 77.0 Å². The van der Waals surface area contributed by atoms with Crippen LogP contribution in [0.1, 0.15) is 38.8 Å². The number of thioether (sulfide) groups is 2. The van der Waals surface area contributed by atoms with Crippen LogP contribution in [0.4, 0.5) is 34.3 Å². The Labute approximate surface area is 297 Å². The Hall–Kier alpha value is -4.57. The zero-order chi connectivity index (χ0) is 34.8. The van der Waals surface area contributed by atoms with Gasteiger partial charge in [-0.3, -0.25) is 14.5 Å². The molecule has 1 aliphatic heterocycles. The van der Waals surface area contributed by atoms with E-state index in [1.54, 1.807) is 0 Å². The van der Waals surface area contributed by atoms with Gasteiger partial charge in [-0.15, -0.1) is 11.8 Å². The Morgan fingerprint density at radius 1 is 1.02 bits per heavy atom. The molecule has 0 fully saturated rings. The number of hydrogen-bond acceptors (Lipinski definition) is 13. The minimum atomic E-state index is -0.699. The number of benzene rings is 2. The summed E-state index contributed by atoms with van der Waals surface area (Å²) in [6.07, 6.45) is 4.20. The highest BCUT2D eigenvalue weighted by Crippen LogP contribution is 2.55. The number of aromatic nitrogens is 3. The summed E-state index contributed by atoms with van der Waals surface area (Å²) in [7, 11) is 3.94. The topological polar surface area (TPSA) is 165 Å². The second-order valence-electron chi connectivity index (χ2n) is 11.5. The van der Waals surface area contributed by atoms with E-state index in [2.05, 4.69) is 22.5 Å². The SMILES string of the molecule is CCc1ccccc1Nc1c(C(N)=O)c(N2c3c(ncc(C(N)=O)c3Nc3ccccc3C)SC2SC)nc2sc(OCCN(C)C)nc12. The molecule has 4 heterocycles. The number of amides is 2. The van der Waals surface area contributed by atoms with Crippen molar-refractivity contribution in [1.29, 1.82) is 0 Å². The molecular weight excluding hydrogens is 679 g/mol. The minimum absolute atomic E-state index is 0.141. The number of primary amides is 2. The number of pyridine rings is 2. The minimum Gasteiger partial charge on any atom is -0.469 e. The number of aryl methyl sites for hydroxylation is 2. The number of fused-ring (bicyclic) bond motifs is 2. The summed E-state index contributed by atoms with van der Waals surface area (Å²) in [5, 5.41) is 8.03. The Morgan fingerprint density at radius 3 is 2.41 bits per heavy atom. The molecule has 15 heteroatoms. The number of anilines is 6. The van der Waals surface area contributed by atoms with Gasteiger partial charge in [0.15, 0.2) is 10.6 Å². The van der Waals surface area contributed by atoms with Gasteiger partial charge in [0.25, 0.3) is 17.0 Å². The molecule has 2 aromatic carbocycles. The predicted octanol–water partition coefficient (Wildman–Crippen LogP) is 6.47. The summed E-state index contributed by atoms with van der Waals surface area (Å²) in [5.41, 5.74) is 18.0. The van der Waals surface area contributed by atoms with Crippen LogP contribution in [0.2, 0.25) is 0 Å². The zero-order valence-corrected chi connectivity index (χ0v) is 30.2. The van der Waals surface area contributed by atoms with Crippen LogP contribution in [0.15, 0.2) is 59.8 Å². The lowest BCUT2D eigenvalue weighted by Gasteiger charge is -2.29. The molecule has 0 spiro atoms. The molecule has 1 aliphatic rings. The number of hydrogen-bond donors (Lipinski definition) is 4. The van der Waals surface area contributed by atoms with Crippen LogP contribution in [0.5, 0.6) is 5.19 Å². The van der Waals surface area contributed by atoms with Crippen LogP contribution in [0.25, 0.3) is 10.3 Å². The van der Waals surface area contributed by atoms with Crippen LogP contribution < -0.4 is 31.7 Å². The molecule has 3 aromatic heterocycles. The number of nitrogens with one attached hydrogen (secondary N) is 2. The van der Waals surface area contributed by atoms with Crippen molar-refractivity contribution in [3.8, 4) is 5.19 Å². The van der Waals surface area contributed by atoms with Gasteiger partial charge < -0.3 is 31.7 Å². The van der Waals surface area contributed by atoms with Gasteiger partial charge in [-0.2, -0.15) is 4.98 Å². The Morgan fingerprint density at radius 2 is 1.73 bits per heavy atom. The Balaban J connectivity index is 1.62. The van der Waals surface area contributed by atoms with Gasteiger partial charge in [-0.1, -0.05) is 66.4 Å². The first-order valence-corrected chi connectivity index (χ1v) is 18.5. The van der Waals surface area contributed by atoms with E-state index in [9.17, 15) is 9.59 Å². The Kier molecular flexibility index (Phi) is 10.2. The number of nitrogens with zero attached hydrogens (tertiary/aromatic N) is 5. The van der Waals surface area contributed by atoms with E-state index in [-0.39, 0.29) is 15.8 Å². The molecule has 49 heavy (non-hydrogen) atoms. The number of ether oxygens (including phenoxy) is 1. The van der Waals surface area contributed by atoms with E-state index in [1.165, 1.54) is 41.1 Å². The van der Waals surface area contributed by atoms with E-state index in [4.69, 9.17) is 26.2 Å². The third-order valence-electron chi connectivity index (χ3n) is 7.96. The first-order valence-electron chi connectivity index (χ1n) is 15.5. The highest BCUT2D eigenvalue weighted by atomic mass is 32.2. The van der Waals surface area contributed by atoms with Gasteiger partial charge in [0.1, 0.15) is 33.1 Å². The van der Waals surface area contributed by atoms with Gasteiger partial charge in [-0.05, 0) is 57.0 Å². The number of carbonyl (C=O) groups excluding carboxylic acids is 2. The maximum absolute atomic E-state index is 13.7. The third-order valence-corrected chi connectivity index (χ3v) is 11.2. The number of carbonyl (C=O) groups is 2. The van der Waals surface area contributed by atoms with Crippen molar-refractivity contribution < 1.29 is 14.3 Å². The maximum Gasteiger partial charge on any atom is 0.275 e. The van der Waals surface area contributed by atoms with Crippen molar-refractivity contribution in [2.75, 3.05) is 49.0 Å².